The van der Waals surface area contributed by atoms with Gasteiger partial charge in [0.15, 0.2) is 5.82 Å². The van der Waals surface area contributed by atoms with E-state index in [0.717, 1.165) is 25.8 Å². The first-order chi connectivity index (χ1) is 11.2. The molecule has 2 aromatic heterocycles. The van der Waals surface area contributed by atoms with Crippen LogP contribution in [0.5, 0.6) is 0 Å². The van der Waals surface area contributed by atoms with Crippen molar-refractivity contribution in [3.63, 3.8) is 0 Å². The predicted octanol–water partition coefficient (Wildman–Crippen LogP) is 2.79. The molecule has 1 unspecified atom stereocenters. The molecule has 1 aliphatic heterocycles. The van der Waals surface area contributed by atoms with Crippen LogP contribution in [-0.2, 0) is 0 Å². The Morgan fingerprint density at radius 2 is 2.35 bits per heavy atom. The normalized spacial score (nSPS) is 18.0. The van der Waals surface area contributed by atoms with Crippen LogP contribution in [0.3, 0.4) is 0 Å². The van der Waals surface area contributed by atoms with Crippen molar-refractivity contribution in [1.29, 1.82) is 0 Å². The Kier molecular flexibility index (Phi) is 4.55. The van der Waals surface area contributed by atoms with Crippen LogP contribution in [0, 0.1) is 6.92 Å². The van der Waals surface area contributed by atoms with Crippen molar-refractivity contribution in [1.82, 2.24) is 15.1 Å². The number of carbonyl (C=O) groups is 1. The first-order valence-electron chi connectivity index (χ1n) is 8.01. The Labute approximate surface area is 135 Å². The van der Waals surface area contributed by atoms with E-state index in [2.05, 4.69) is 32.3 Å². The van der Waals surface area contributed by atoms with E-state index in [-0.39, 0.29) is 5.91 Å². The summed E-state index contributed by atoms with van der Waals surface area (Å²) in [6.45, 7) is 4.88. The van der Waals surface area contributed by atoms with Gasteiger partial charge in [-0.3, -0.25) is 4.79 Å². The van der Waals surface area contributed by atoms with Gasteiger partial charge >= 0.3 is 0 Å². The van der Waals surface area contributed by atoms with E-state index in [9.17, 15) is 4.79 Å². The van der Waals surface area contributed by atoms with Gasteiger partial charge in [0.05, 0.1) is 0 Å². The number of amides is 1. The molecule has 7 nitrogen and oxygen atoms in total. The van der Waals surface area contributed by atoms with E-state index in [0.29, 0.717) is 29.3 Å². The molecule has 0 saturated carbocycles. The molecule has 0 aliphatic carbocycles. The second kappa shape index (κ2) is 6.76. The van der Waals surface area contributed by atoms with Crippen LogP contribution in [0.25, 0.3) is 0 Å². The monoisotopic (exact) mass is 315 g/mol. The molecule has 1 aliphatic rings. The predicted molar refractivity (Wildman–Crippen MR) is 86.5 cm³/mol. The summed E-state index contributed by atoms with van der Waals surface area (Å²) in [7, 11) is 0. The molecule has 0 bridgehead atoms. The molecule has 1 atom stereocenters. The van der Waals surface area contributed by atoms with Gasteiger partial charge in [0.25, 0.3) is 5.91 Å². The van der Waals surface area contributed by atoms with E-state index in [1.165, 1.54) is 6.42 Å². The highest BCUT2D eigenvalue weighted by Gasteiger charge is 2.24. The number of hydrogen-bond acceptors (Lipinski definition) is 6. The van der Waals surface area contributed by atoms with Crippen molar-refractivity contribution < 1.29 is 9.32 Å². The second-order valence-electron chi connectivity index (χ2n) is 5.77. The lowest BCUT2D eigenvalue weighted by atomic mass is 10.0. The van der Waals surface area contributed by atoms with Gasteiger partial charge in [-0.05, 0) is 38.7 Å². The SMILES string of the molecule is CCC1CCCCN1c1nccc(C(=O)Nc2cc(C)on2)n1. The van der Waals surface area contributed by atoms with Gasteiger partial charge in [-0.2, -0.15) is 0 Å². The number of aryl methyl sites for hydroxylation is 1. The first kappa shape index (κ1) is 15.5. The molecule has 1 amide bonds. The summed E-state index contributed by atoms with van der Waals surface area (Å²) in [6.07, 6.45) is 6.20. The molecule has 3 heterocycles. The fourth-order valence-electron chi connectivity index (χ4n) is 2.91. The third-order valence-corrected chi connectivity index (χ3v) is 4.10. The highest BCUT2D eigenvalue weighted by Crippen LogP contribution is 2.23. The number of aromatic nitrogens is 3. The number of rotatable bonds is 4. The molecule has 0 aromatic carbocycles. The fourth-order valence-corrected chi connectivity index (χ4v) is 2.91. The van der Waals surface area contributed by atoms with Crippen molar-refractivity contribution in [2.75, 3.05) is 16.8 Å². The van der Waals surface area contributed by atoms with Crippen LogP contribution in [0.15, 0.2) is 22.9 Å². The molecular weight excluding hydrogens is 294 g/mol. The summed E-state index contributed by atoms with van der Waals surface area (Å²) in [6, 6.07) is 3.72. The number of carbonyl (C=O) groups excluding carboxylic acids is 1. The van der Waals surface area contributed by atoms with Gasteiger partial charge < -0.3 is 14.7 Å². The molecule has 1 saturated heterocycles. The molecular formula is C16H21N5O2. The lowest BCUT2D eigenvalue weighted by Gasteiger charge is -2.35. The number of piperidine rings is 1. The molecule has 1 fully saturated rings. The lowest BCUT2D eigenvalue weighted by molar-refractivity contribution is 0.102. The number of anilines is 2. The largest absolute Gasteiger partial charge is 0.360 e. The van der Waals surface area contributed by atoms with E-state index in [1.54, 1.807) is 25.3 Å². The maximum Gasteiger partial charge on any atom is 0.275 e. The molecule has 7 heteroatoms. The average molecular weight is 315 g/mol. The van der Waals surface area contributed by atoms with E-state index in [4.69, 9.17) is 4.52 Å². The van der Waals surface area contributed by atoms with E-state index in [1.807, 2.05) is 0 Å². The Morgan fingerprint density at radius 3 is 3.09 bits per heavy atom. The third-order valence-electron chi connectivity index (χ3n) is 4.10. The maximum absolute atomic E-state index is 12.3. The smallest absolute Gasteiger partial charge is 0.275 e. The molecule has 122 valence electrons. The quantitative estimate of drug-likeness (QED) is 0.934. The molecule has 23 heavy (non-hydrogen) atoms. The molecule has 0 spiro atoms. The van der Waals surface area contributed by atoms with Crippen LogP contribution >= 0.6 is 0 Å². The highest BCUT2D eigenvalue weighted by atomic mass is 16.5. The topological polar surface area (TPSA) is 84.2 Å². The van der Waals surface area contributed by atoms with Crippen molar-refractivity contribution >= 4 is 17.7 Å². The lowest BCUT2D eigenvalue weighted by Crippen LogP contribution is -2.40. The highest BCUT2D eigenvalue weighted by molar-refractivity contribution is 6.02. The standard InChI is InChI=1S/C16H21N5O2/c1-3-12-6-4-5-9-21(12)16-17-8-7-13(18-16)15(22)19-14-10-11(2)23-20-14/h7-8,10,12H,3-6,9H2,1-2H3,(H,19,20,22). The van der Waals surface area contributed by atoms with Gasteiger partial charge in [0, 0.05) is 24.8 Å². The van der Waals surface area contributed by atoms with E-state index < -0.39 is 0 Å². The van der Waals surface area contributed by atoms with Crippen LogP contribution < -0.4 is 10.2 Å². The molecule has 3 rings (SSSR count). The Balaban J connectivity index is 1.77. The minimum Gasteiger partial charge on any atom is -0.360 e. The van der Waals surface area contributed by atoms with Crippen molar-refractivity contribution in [2.45, 2.75) is 45.6 Å². The van der Waals surface area contributed by atoms with Crippen LogP contribution in [0.2, 0.25) is 0 Å². The van der Waals surface area contributed by atoms with E-state index >= 15 is 0 Å². The van der Waals surface area contributed by atoms with Crippen LogP contribution in [-0.4, -0.2) is 33.6 Å². The summed E-state index contributed by atoms with van der Waals surface area (Å²) in [5.74, 6) is 1.34. The summed E-state index contributed by atoms with van der Waals surface area (Å²) < 4.78 is 4.94. The number of nitrogens with zero attached hydrogens (tertiary/aromatic N) is 4. The summed E-state index contributed by atoms with van der Waals surface area (Å²) in [5, 5.41) is 6.44. The number of nitrogens with one attached hydrogen (secondary N) is 1. The zero-order valence-electron chi connectivity index (χ0n) is 13.5. The Morgan fingerprint density at radius 1 is 1.48 bits per heavy atom. The third kappa shape index (κ3) is 3.49. The zero-order valence-corrected chi connectivity index (χ0v) is 13.5. The fraction of sp³-hybridized carbons (Fsp3) is 0.500. The number of hydrogen-bond donors (Lipinski definition) is 1. The molecule has 0 radical (unpaired) electrons. The van der Waals surface area contributed by atoms with Gasteiger partial charge in [-0.1, -0.05) is 12.1 Å². The van der Waals surface area contributed by atoms with Crippen LogP contribution in [0.4, 0.5) is 11.8 Å². The molecule has 2 aromatic rings. The molecule has 1 N–H and O–H groups in total. The van der Waals surface area contributed by atoms with Gasteiger partial charge in [0.1, 0.15) is 11.5 Å². The summed E-state index contributed by atoms with van der Waals surface area (Å²) in [4.78, 5) is 23.3. The van der Waals surface area contributed by atoms with Crippen molar-refractivity contribution in [3.05, 3.63) is 29.8 Å². The summed E-state index contributed by atoms with van der Waals surface area (Å²) in [5.41, 5.74) is 0.330. The first-order valence-corrected chi connectivity index (χ1v) is 8.01. The Bertz CT molecular complexity index is 685. The second-order valence-corrected chi connectivity index (χ2v) is 5.77. The van der Waals surface area contributed by atoms with Gasteiger partial charge in [-0.15, -0.1) is 0 Å². The zero-order chi connectivity index (χ0) is 16.2. The minimum absolute atomic E-state index is 0.313. The van der Waals surface area contributed by atoms with Gasteiger partial charge in [-0.25, -0.2) is 9.97 Å². The summed E-state index contributed by atoms with van der Waals surface area (Å²) >= 11 is 0. The van der Waals surface area contributed by atoms with Crippen molar-refractivity contribution in [2.24, 2.45) is 0 Å². The minimum atomic E-state index is -0.313. The van der Waals surface area contributed by atoms with Crippen molar-refractivity contribution in [3.8, 4) is 0 Å². The van der Waals surface area contributed by atoms with Gasteiger partial charge in [0.2, 0.25) is 5.95 Å². The maximum atomic E-state index is 12.3. The Hall–Kier alpha value is -2.44. The average Bonchev–Trinajstić information content (AvgIpc) is 2.99. The van der Waals surface area contributed by atoms with Crippen LogP contribution in [0.1, 0.15) is 48.9 Å².